The van der Waals surface area contributed by atoms with Crippen LogP contribution in [0.1, 0.15) is 18.0 Å². The van der Waals surface area contributed by atoms with Crippen molar-refractivity contribution < 1.29 is 14.8 Å². The normalized spacial score (nSPS) is 21.2. The number of nitrogens with zero attached hydrogens (tertiary/aromatic N) is 3. The zero-order valence-electron chi connectivity index (χ0n) is 13.1. The van der Waals surface area contributed by atoms with E-state index >= 15 is 0 Å². The van der Waals surface area contributed by atoms with Crippen molar-refractivity contribution in [2.24, 2.45) is 4.99 Å². The Balaban J connectivity index is 1.97. The van der Waals surface area contributed by atoms with Crippen LogP contribution in [0.25, 0.3) is 10.9 Å². The number of nitrogens with one attached hydrogen (secondary N) is 1. The van der Waals surface area contributed by atoms with Crippen molar-refractivity contribution in [2.75, 3.05) is 32.8 Å². The Morgan fingerprint density at radius 1 is 1.46 bits per heavy atom. The zero-order chi connectivity index (χ0) is 16.7. The van der Waals surface area contributed by atoms with Crippen LogP contribution in [0.5, 0.6) is 5.88 Å². The number of hydrogen-bond donors (Lipinski definition) is 2. The quantitative estimate of drug-likeness (QED) is 0.657. The summed E-state index contributed by atoms with van der Waals surface area (Å²) in [6, 6.07) is 4.82. The molecule has 0 amide bonds. The molecule has 1 atom stereocenters. The molecular weight excluding hydrogens is 312 g/mol. The highest BCUT2D eigenvalue weighted by Crippen LogP contribution is 2.38. The Morgan fingerprint density at radius 2 is 2.33 bits per heavy atom. The van der Waals surface area contributed by atoms with E-state index in [1.807, 2.05) is 4.57 Å². The number of aromatic hydroxyl groups is 1. The van der Waals surface area contributed by atoms with E-state index in [1.165, 1.54) is 12.1 Å². The Bertz CT molecular complexity index is 836. The van der Waals surface area contributed by atoms with E-state index in [1.54, 1.807) is 6.07 Å². The summed E-state index contributed by atoms with van der Waals surface area (Å²) in [5.74, 6) is 0.114. The van der Waals surface area contributed by atoms with E-state index in [0.29, 0.717) is 36.4 Å². The standard InChI is InChI=1S/C16H18N4O4/c21-16-15(13-9-24-6-5-18-13)12-7-10(20(22)23)1-2-14(12)19(16)11-3-4-17-8-11/h1-2,7,11,17,21H,3-6,8-9H2/t11-/m0/s1. The van der Waals surface area contributed by atoms with E-state index in [4.69, 9.17) is 4.74 Å². The number of fused-ring (bicyclic) bond motifs is 1. The first-order chi connectivity index (χ1) is 11.7. The monoisotopic (exact) mass is 330 g/mol. The summed E-state index contributed by atoms with van der Waals surface area (Å²) in [4.78, 5) is 15.2. The van der Waals surface area contributed by atoms with E-state index in [0.717, 1.165) is 25.0 Å². The lowest BCUT2D eigenvalue weighted by Crippen LogP contribution is -2.19. The Labute approximate surface area is 137 Å². The van der Waals surface area contributed by atoms with Gasteiger partial charge in [-0.3, -0.25) is 15.1 Å². The third-order valence-electron chi connectivity index (χ3n) is 4.64. The third kappa shape index (κ3) is 2.35. The highest BCUT2D eigenvalue weighted by Gasteiger charge is 2.28. The van der Waals surface area contributed by atoms with Gasteiger partial charge < -0.3 is 19.7 Å². The molecule has 2 aliphatic heterocycles. The van der Waals surface area contributed by atoms with Crippen LogP contribution in [0.15, 0.2) is 23.2 Å². The second-order valence-electron chi connectivity index (χ2n) is 6.05. The number of rotatable bonds is 3. The van der Waals surface area contributed by atoms with Crippen LogP contribution in [0.4, 0.5) is 5.69 Å². The van der Waals surface area contributed by atoms with Crippen LogP contribution in [-0.4, -0.2) is 53.2 Å². The van der Waals surface area contributed by atoms with Crippen molar-refractivity contribution in [3.8, 4) is 5.88 Å². The van der Waals surface area contributed by atoms with Crippen LogP contribution in [0.2, 0.25) is 0 Å². The van der Waals surface area contributed by atoms with Gasteiger partial charge in [-0.2, -0.15) is 0 Å². The average Bonchev–Trinajstić information content (AvgIpc) is 3.20. The number of aromatic nitrogens is 1. The minimum Gasteiger partial charge on any atom is -0.494 e. The summed E-state index contributed by atoms with van der Waals surface area (Å²) in [6.45, 7) is 3.03. The van der Waals surface area contributed by atoms with Gasteiger partial charge in [0.1, 0.15) is 0 Å². The van der Waals surface area contributed by atoms with Gasteiger partial charge in [0.05, 0.1) is 47.5 Å². The van der Waals surface area contributed by atoms with Gasteiger partial charge in [0.15, 0.2) is 0 Å². The van der Waals surface area contributed by atoms with Crippen LogP contribution in [-0.2, 0) is 4.74 Å². The number of non-ortho nitro benzene ring substituents is 1. The molecule has 1 aromatic carbocycles. The molecule has 3 heterocycles. The summed E-state index contributed by atoms with van der Waals surface area (Å²) >= 11 is 0. The van der Waals surface area contributed by atoms with Crippen LogP contribution < -0.4 is 5.32 Å². The molecule has 4 rings (SSSR count). The third-order valence-corrected chi connectivity index (χ3v) is 4.64. The molecule has 2 aliphatic rings. The number of benzene rings is 1. The highest BCUT2D eigenvalue weighted by molar-refractivity contribution is 6.14. The number of hydrogen-bond acceptors (Lipinski definition) is 6. The van der Waals surface area contributed by atoms with E-state index < -0.39 is 4.92 Å². The molecule has 1 fully saturated rings. The highest BCUT2D eigenvalue weighted by atomic mass is 16.6. The van der Waals surface area contributed by atoms with Crippen molar-refractivity contribution in [1.82, 2.24) is 9.88 Å². The van der Waals surface area contributed by atoms with Crippen LogP contribution >= 0.6 is 0 Å². The SMILES string of the molecule is O=[N+]([O-])c1ccc2c(c1)c(C1=NCCOC1)c(O)n2[C@H]1CCNC1. The molecular formula is C16H18N4O4. The maximum atomic E-state index is 11.2. The van der Waals surface area contributed by atoms with E-state index in [2.05, 4.69) is 10.3 Å². The molecule has 8 nitrogen and oxygen atoms in total. The molecule has 0 bridgehead atoms. The van der Waals surface area contributed by atoms with Crippen LogP contribution in [0.3, 0.4) is 0 Å². The topological polar surface area (TPSA) is 102 Å². The lowest BCUT2D eigenvalue weighted by Gasteiger charge is -2.15. The van der Waals surface area contributed by atoms with Crippen molar-refractivity contribution in [1.29, 1.82) is 0 Å². The van der Waals surface area contributed by atoms with E-state index in [9.17, 15) is 15.2 Å². The van der Waals surface area contributed by atoms with Crippen molar-refractivity contribution >= 4 is 22.3 Å². The molecule has 24 heavy (non-hydrogen) atoms. The van der Waals surface area contributed by atoms with Crippen molar-refractivity contribution in [2.45, 2.75) is 12.5 Å². The van der Waals surface area contributed by atoms with Gasteiger partial charge in [0, 0.05) is 24.1 Å². The second kappa shape index (κ2) is 5.88. The average molecular weight is 330 g/mol. The maximum Gasteiger partial charge on any atom is 0.270 e. The largest absolute Gasteiger partial charge is 0.494 e. The smallest absolute Gasteiger partial charge is 0.270 e. The predicted octanol–water partition coefficient (Wildman–Crippen LogP) is 1.61. The van der Waals surface area contributed by atoms with Gasteiger partial charge in [0.2, 0.25) is 5.88 Å². The summed E-state index contributed by atoms with van der Waals surface area (Å²) < 4.78 is 7.32. The Morgan fingerprint density at radius 3 is 3.00 bits per heavy atom. The number of ether oxygens (including phenoxy) is 1. The Hall–Kier alpha value is -2.45. The Kier molecular flexibility index (Phi) is 3.70. The fourth-order valence-electron chi connectivity index (χ4n) is 3.53. The molecule has 0 spiro atoms. The zero-order valence-corrected chi connectivity index (χ0v) is 13.1. The molecule has 0 radical (unpaired) electrons. The minimum atomic E-state index is -0.423. The van der Waals surface area contributed by atoms with Gasteiger partial charge in [-0.05, 0) is 19.0 Å². The van der Waals surface area contributed by atoms with E-state index in [-0.39, 0.29) is 17.6 Å². The molecule has 2 aromatic rings. The minimum absolute atomic E-state index is 0.00257. The molecule has 2 N–H and O–H groups in total. The molecule has 1 saturated heterocycles. The molecule has 1 aromatic heterocycles. The first-order valence-electron chi connectivity index (χ1n) is 8.00. The lowest BCUT2D eigenvalue weighted by atomic mass is 10.1. The van der Waals surface area contributed by atoms with Crippen molar-refractivity contribution in [3.05, 3.63) is 33.9 Å². The fraction of sp³-hybridized carbons (Fsp3) is 0.438. The number of nitro benzene ring substituents is 1. The fourth-order valence-corrected chi connectivity index (χ4v) is 3.53. The molecule has 0 unspecified atom stereocenters. The summed E-state index contributed by atoms with van der Waals surface area (Å²) in [5, 5.41) is 26.0. The summed E-state index contributed by atoms with van der Waals surface area (Å²) in [5.41, 5.74) is 1.99. The van der Waals surface area contributed by atoms with Gasteiger partial charge in [-0.1, -0.05) is 0 Å². The number of nitro groups is 1. The maximum absolute atomic E-state index is 11.2. The molecule has 126 valence electrons. The molecule has 8 heteroatoms. The first-order valence-corrected chi connectivity index (χ1v) is 8.00. The van der Waals surface area contributed by atoms with Crippen LogP contribution in [0, 0.1) is 10.1 Å². The van der Waals surface area contributed by atoms with Gasteiger partial charge in [-0.15, -0.1) is 0 Å². The first kappa shape index (κ1) is 15.1. The lowest BCUT2D eigenvalue weighted by molar-refractivity contribution is -0.384. The molecule has 0 aliphatic carbocycles. The van der Waals surface area contributed by atoms with Gasteiger partial charge in [-0.25, -0.2) is 0 Å². The summed E-state index contributed by atoms with van der Waals surface area (Å²) in [7, 11) is 0. The second-order valence-corrected chi connectivity index (χ2v) is 6.05. The number of aliphatic imine (C=N–C) groups is 1. The summed E-state index contributed by atoms with van der Waals surface area (Å²) in [6.07, 6.45) is 0.900. The van der Waals surface area contributed by atoms with Gasteiger partial charge >= 0.3 is 0 Å². The predicted molar refractivity (Wildman–Crippen MR) is 89.0 cm³/mol. The van der Waals surface area contributed by atoms with Crippen molar-refractivity contribution in [3.63, 3.8) is 0 Å². The molecule has 0 saturated carbocycles. The van der Waals surface area contributed by atoms with Gasteiger partial charge in [0.25, 0.3) is 5.69 Å².